The maximum Gasteiger partial charge on any atom is 0.268 e. The Balaban J connectivity index is 4.11. The highest BCUT2D eigenvalue weighted by Gasteiger charge is 2.23. The molecule has 0 aromatic rings. The van der Waals surface area contributed by atoms with E-state index in [4.69, 9.17) is 9.05 Å². The van der Waals surface area contributed by atoms with Gasteiger partial charge in [0.05, 0.1) is 39.9 Å². The van der Waals surface area contributed by atoms with E-state index >= 15 is 0 Å². The molecule has 75 heavy (non-hydrogen) atoms. The SMILES string of the molecule is CCCCCCCCCCCCCCCCCCCCC/C=C/CC/C=C/C(O)C(COP(=O)([O-])OCC[N+](C)(C)C)NC(=O)CCCCCCCCCCCCCCCCCCCCCCCCCCCCCC. The molecule has 0 aromatic carbocycles. The predicted octanol–water partition coefficient (Wildman–Crippen LogP) is 20.1. The lowest BCUT2D eigenvalue weighted by molar-refractivity contribution is -0.870. The number of carbonyl (C=O) groups excluding carboxylic acids is 1. The summed E-state index contributed by atoms with van der Waals surface area (Å²) in [5.74, 6) is -0.199. The summed E-state index contributed by atoms with van der Waals surface area (Å²) in [6, 6.07) is -0.901. The lowest BCUT2D eigenvalue weighted by atomic mass is 10.0. The number of nitrogens with zero attached hydrogens (tertiary/aromatic N) is 1. The fourth-order valence-corrected chi connectivity index (χ4v) is 11.0. The van der Waals surface area contributed by atoms with Crippen molar-refractivity contribution in [3.63, 3.8) is 0 Å². The third kappa shape index (κ3) is 60.5. The van der Waals surface area contributed by atoms with Gasteiger partial charge in [0.15, 0.2) is 0 Å². The molecule has 0 fully saturated rings. The highest BCUT2D eigenvalue weighted by Crippen LogP contribution is 2.38. The van der Waals surface area contributed by atoms with E-state index in [0.29, 0.717) is 17.4 Å². The van der Waals surface area contributed by atoms with E-state index < -0.39 is 20.0 Å². The van der Waals surface area contributed by atoms with E-state index in [9.17, 15) is 19.4 Å². The summed E-state index contributed by atoms with van der Waals surface area (Å²) in [7, 11) is 1.26. The Hall–Kier alpha value is -1.02. The van der Waals surface area contributed by atoms with E-state index in [2.05, 4.69) is 31.3 Å². The maximum absolute atomic E-state index is 13.0. The van der Waals surface area contributed by atoms with Crippen molar-refractivity contribution in [1.82, 2.24) is 5.32 Å². The quantitative estimate of drug-likeness (QED) is 0.0272. The molecule has 0 heterocycles. The van der Waals surface area contributed by atoms with Crippen LogP contribution in [0.4, 0.5) is 0 Å². The number of phosphoric acid groups is 1. The second-order valence-corrected chi connectivity index (χ2v) is 25.6. The third-order valence-corrected chi connectivity index (χ3v) is 16.4. The molecule has 0 aromatic heterocycles. The van der Waals surface area contributed by atoms with E-state index in [1.54, 1.807) is 6.08 Å². The first-order chi connectivity index (χ1) is 36.5. The van der Waals surface area contributed by atoms with E-state index in [1.807, 2.05) is 27.2 Å². The Labute approximate surface area is 468 Å². The third-order valence-electron chi connectivity index (χ3n) is 15.4. The van der Waals surface area contributed by atoms with Crippen LogP contribution in [0.15, 0.2) is 24.3 Å². The molecule has 0 saturated carbocycles. The minimum atomic E-state index is -4.61. The van der Waals surface area contributed by atoms with Gasteiger partial charge in [-0.25, -0.2) is 0 Å². The first kappa shape index (κ1) is 74.0. The summed E-state index contributed by atoms with van der Waals surface area (Å²) in [5.41, 5.74) is 0. The Kier molecular flexibility index (Phi) is 56.9. The summed E-state index contributed by atoms with van der Waals surface area (Å²) < 4.78 is 23.4. The lowest BCUT2D eigenvalue weighted by Gasteiger charge is -2.29. The van der Waals surface area contributed by atoms with Gasteiger partial charge in [-0.2, -0.15) is 0 Å². The zero-order valence-corrected chi connectivity index (χ0v) is 51.9. The number of quaternary nitrogens is 1. The number of aliphatic hydroxyl groups excluding tert-OH is 1. The van der Waals surface area contributed by atoms with Crippen molar-refractivity contribution < 1.29 is 32.9 Å². The molecule has 0 aliphatic carbocycles. The first-order valence-corrected chi connectivity index (χ1v) is 34.7. The van der Waals surface area contributed by atoms with Gasteiger partial charge in [-0.05, 0) is 32.1 Å². The van der Waals surface area contributed by atoms with Gasteiger partial charge in [0, 0.05) is 6.42 Å². The molecule has 0 spiro atoms. The standard InChI is InChI=1S/C66H131N2O6P/c1-6-8-10-12-14-16-18-20-22-24-26-28-30-32-33-34-36-38-40-42-44-46-48-50-52-54-56-58-60-66(70)67-64(63-74-75(71,72)73-62-61-68(3,4)5)65(69)59-57-55-53-51-49-47-45-43-41-39-37-35-31-29-27-25-23-21-19-17-15-13-11-9-7-2/h49,51,57,59,64-65,69H,6-48,50,52-56,58,60-63H2,1-5H3,(H-,67,70,71,72)/b51-49+,59-57+. The molecule has 8 nitrogen and oxygen atoms in total. The largest absolute Gasteiger partial charge is 0.756 e. The van der Waals surface area contributed by atoms with Crippen LogP contribution in [0.5, 0.6) is 0 Å². The molecular weight excluding hydrogens is 948 g/mol. The highest BCUT2D eigenvalue weighted by atomic mass is 31.2. The molecule has 3 unspecified atom stereocenters. The molecule has 2 N–H and O–H groups in total. The molecule has 0 bridgehead atoms. The van der Waals surface area contributed by atoms with Crippen LogP contribution in [0.25, 0.3) is 0 Å². The van der Waals surface area contributed by atoms with Gasteiger partial charge in [-0.1, -0.05) is 327 Å². The van der Waals surface area contributed by atoms with Gasteiger partial charge < -0.3 is 28.8 Å². The molecule has 446 valence electrons. The van der Waals surface area contributed by atoms with Crippen LogP contribution >= 0.6 is 7.82 Å². The second kappa shape index (κ2) is 57.7. The first-order valence-electron chi connectivity index (χ1n) is 33.2. The molecule has 0 aliphatic heterocycles. The topological polar surface area (TPSA) is 108 Å². The molecular formula is C66H131N2O6P. The number of aliphatic hydroxyl groups is 1. The molecule has 3 atom stereocenters. The van der Waals surface area contributed by atoms with Gasteiger partial charge in [-0.15, -0.1) is 0 Å². The van der Waals surface area contributed by atoms with Crippen LogP contribution in [-0.2, 0) is 18.4 Å². The highest BCUT2D eigenvalue weighted by molar-refractivity contribution is 7.45. The van der Waals surface area contributed by atoms with Crippen molar-refractivity contribution in [1.29, 1.82) is 0 Å². The number of likely N-dealkylation sites (N-methyl/N-ethyl adjacent to an activating group) is 1. The predicted molar refractivity (Wildman–Crippen MR) is 325 cm³/mol. The average Bonchev–Trinajstić information content (AvgIpc) is 3.37. The summed E-state index contributed by atoms with van der Waals surface area (Å²) >= 11 is 0. The van der Waals surface area contributed by atoms with Crippen LogP contribution in [0.1, 0.15) is 341 Å². The summed E-state index contributed by atoms with van der Waals surface area (Å²) in [6.45, 7) is 4.69. The summed E-state index contributed by atoms with van der Waals surface area (Å²) in [5, 5.41) is 13.9. The Morgan fingerprint density at radius 1 is 0.453 bits per heavy atom. The Morgan fingerprint density at radius 2 is 0.747 bits per heavy atom. The number of hydrogen-bond donors (Lipinski definition) is 2. The summed E-state index contributed by atoms with van der Waals surface area (Å²) in [6.07, 6.45) is 74.4. The second-order valence-electron chi connectivity index (χ2n) is 24.2. The summed E-state index contributed by atoms with van der Waals surface area (Å²) in [4.78, 5) is 25.6. The number of phosphoric ester groups is 1. The van der Waals surface area contributed by atoms with Crippen molar-refractivity contribution in [2.24, 2.45) is 0 Å². The van der Waals surface area contributed by atoms with Crippen LogP contribution in [0.2, 0.25) is 0 Å². The molecule has 1 amide bonds. The molecule has 9 heteroatoms. The van der Waals surface area contributed by atoms with Crippen LogP contribution < -0.4 is 10.2 Å². The molecule has 0 radical (unpaired) electrons. The molecule has 0 saturated heterocycles. The lowest BCUT2D eigenvalue weighted by Crippen LogP contribution is -2.45. The van der Waals surface area contributed by atoms with Crippen LogP contribution in [0.3, 0.4) is 0 Å². The molecule has 0 rings (SSSR count). The van der Waals surface area contributed by atoms with Crippen molar-refractivity contribution in [3.8, 4) is 0 Å². The van der Waals surface area contributed by atoms with Crippen LogP contribution in [-0.4, -0.2) is 68.5 Å². The maximum atomic E-state index is 13.0. The van der Waals surface area contributed by atoms with Crippen molar-refractivity contribution in [2.75, 3.05) is 40.9 Å². The number of nitrogens with one attached hydrogen (secondary N) is 1. The number of carbonyl (C=O) groups is 1. The minimum absolute atomic E-state index is 0.00348. The van der Waals surface area contributed by atoms with Crippen molar-refractivity contribution in [3.05, 3.63) is 24.3 Å². The van der Waals surface area contributed by atoms with Crippen molar-refractivity contribution >= 4 is 13.7 Å². The van der Waals surface area contributed by atoms with E-state index in [1.165, 1.54) is 283 Å². The van der Waals surface area contributed by atoms with Crippen LogP contribution in [0, 0.1) is 0 Å². The van der Waals surface area contributed by atoms with Gasteiger partial charge in [0.25, 0.3) is 7.82 Å². The van der Waals surface area contributed by atoms with Gasteiger partial charge in [0.2, 0.25) is 5.91 Å². The zero-order chi connectivity index (χ0) is 54.9. The van der Waals surface area contributed by atoms with Gasteiger partial charge >= 0.3 is 0 Å². The number of amides is 1. The number of allylic oxidation sites excluding steroid dienone is 3. The average molecular weight is 1080 g/mol. The van der Waals surface area contributed by atoms with Gasteiger partial charge in [0.1, 0.15) is 13.2 Å². The van der Waals surface area contributed by atoms with E-state index in [-0.39, 0.29) is 19.1 Å². The number of hydrogen-bond acceptors (Lipinski definition) is 6. The number of rotatable bonds is 62. The van der Waals surface area contributed by atoms with Crippen molar-refractivity contribution in [2.45, 2.75) is 353 Å². The minimum Gasteiger partial charge on any atom is -0.756 e. The normalized spacial score (nSPS) is 13.9. The van der Waals surface area contributed by atoms with E-state index in [0.717, 1.165) is 38.5 Å². The fourth-order valence-electron chi connectivity index (χ4n) is 10.2. The fraction of sp³-hybridized carbons (Fsp3) is 0.924. The van der Waals surface area contributed by atoms with Gasteiger partial charge in [-0.3, -0.25) is 9.36 Å². The molecule has 0 aliphatic rings. The number of unbranched alkanes of at least 4 members (excludes halogenated alkanes) is 47. The monoisotopic (exact) mass is 1080 g/mol. The Morgan fingerprint density at radius 3 is 1.08 bits per heavy atom. The smallest absolute Gasteiger partial charge is 0.268 e. The Bertz CT molecular complexity index is 1270. The zero-order valence-electron chi connectivity index (χ0n) is 51.0.